The van der Waals surface area contributed by atoms with Gasteiger partial charge < -0.3 is 15.3 Å². The molecule has 0 aromatic heterocycles. The van der Waals surface area contributed by atoms with Gasteiger partial charge in [-0.3, -0.25) is 14.7 Å². The molecule has 0 saturated heterocycles. The predicted molar refractivity (Wildman–Crippen MR) is 81.1 cm³/mol. The Labute approximate surface area is 145 Å². The Bertz CT molecular complexity index is 348. The number of aliphatic imine (C=N–C) groups is 1. The van der Waals surface area contributed by atoms with E-state index in [1.165, 1.54) is 0 Å². The molecular weight excluding hydrogens is 279 g/mol. The molecular formula is C15H27LiN2O4. The maximum atomic E-state index is 11.6. The van der Waals surface area contributed by atoms with Gasteiger partial charge in [0.25, 0.3) is 0 Å². The van der Waals surface area contributed by atoms with Crippen LogP contribution in [0.25, 0.3) is 0 Å². The second-order valence-electron chi connectivity index (χ2n) is 4.91. The minimum absolute atomic E-state index is 0. The van der Waals surface area contributed by atoms with Crippen LogP contribution in [0.3, 0.4) is 0 Å². The van der Waals surface area contributed by atoms with Gasteiger partial charge >= 0.3 is 24.8 Å². The molecule has 0 spiro atoms. The van der Waals surface area contributed by atoms with Crippen LogP contribution in [0.5, 0.6) is 0 Å². The second-order valence-corrected chi connectivity index (χ2v) is 4.91. The van der Waals surface area contributed by atoms with Crippen molar-refractivity contribution in [2.45, 2.75) is 52.0 Å². The number of hydrogen-bond donors (Lipinski definition) is 2. The SMILES string of the molecule is C/C=C/CCCCC([O-])=NCN(CCCO)C(C)C(=O)O.[Li+]. The number of nitrogens with zero attached hydrogens (tertiary/aromatic N) is 2. The average Bonchev–Trinajstić information content (AvgIpc) is 2.46. The van der Waals surface area contributed by atoms with Gasteiger partial charge in [0.2, 0.25) is 0 Å². The van der Waals surface area contributed by atoms with Crippen LogP contribution in [0.2, 0.25) is 0 Å². The number of unbranched alkanes of at least 4 members (excludes halogenated alkanes) is 2. The Morgan fingerprint density at radius 2 is 2.05 bits per heavy atom. The van der Waals surface area contributed by atoms with E-state index in [-0.39, 0.29) is 38.0 Å². The molecule has 0 radical (unpaired) electrons. The number of carbonyl (C=O) groups is 1. The van der Waals surface area contributed by atoms with Crippen molar-refractivity contribution in [3.8, 4) is 0 Å². The van der Waals surface area contributed by atoms with Gasteiger partial charge in [0.15, 0.2) is 0 Å². The molecule has 0 fully saturated rings. The summed E-state index contributed by atoms with van der Waals surface area (Å²) in [5, 5.41) is 29.5. The number of allylic oxidation sites excluding steroid dienone is 2. The monoisotopic (exact) mass is 306 g/mol. The Kier molecular flexibility index (Phi) is 16.1. The molecule has 0 rings (SSSR count). The molecule has 1 atom stereocenters. The molecule has 0 aromatic carbocycles. The molecule has 0 aromatic rings. The van der Waals surface area contributed by atoms with Gasteiger partial charge in [-0.15, -0.1) is 0 Å². The van der Waals surface area contributed by atoms with Crippen LogP contribution in [0.4, 0.5) is 0 Å². The molecule has 0 saturated carbocycles. The van der Waals surface area contributed by atoms with Crippen molar-refractivity contribution < 1.29 is 39.0 Å². The molecule has 0 amide bonds. The average molecular weight is 306 g/mol. The van der Waals surface area contributed by atoms with E-state index in [0.717, 1.165) is 19.3 Å². The van der Waals surface area contributed by atoms with Crippen molar-refractivity contribution in [2.24, 2.45) is 4.99 Å². The number of aliphatic carboxylic acids is 1. The van der Waals surface area contributed by atoms with E-state index in [2.05, 4.69) is 11.1 Å². The molecule has 22 heavy (non-hydrogen) atoms. The van der Waals surface area contributed by atoms with Gasteiger partial charge in [-0.25, -0.2) is 0 Å². The summed E-state index contributed by atoms with van der Waals surface area (Å²) in [5.41, 5.74) is 0. The Morgan fingerprint density at radius 3 is 2.59 bits per heavy atom. The van der Waals surface area contributed by atoms with Crippen molar-refractivity contribution in [2.75, 3.05) is 19.8 Å². The maximum Gasteiger partial charge on any atom is 1.00 e. The number of carboxylic acid groups (broad SMARTS) is 1. The van der Waals surface area contributed by atoms with E-state index in [1.54, 1.807) is 11.8 Å². The van der Waals surface area contributed by atoms with Crippen molar-refractivity contribution in [1.82, 2.24) is 4.90 Å². The Balaban J connectivity index is 0. The number of hydrogen-bond acceptors (Lipinski definition) is 5. The molecule has 0 aliphatic carbocycles. The van der Waals surface area contributed by atoms with Crippen LogP contribution in [-0.2, 0) is 4.79 Å². The summed E-state index contributed by atoms with van der Waals surface area (Å²) in [6.45, 7) is 3.98. The van der Waals surface area contributed by atoms with Crippen LogP contribution in [0.1, 0.15) is 46.0 Å². The Hall–Kier alpha value is -0.803. The maximum absolute atomic E-state index is 11.6. The van der Waals surface area contributed by atoms with Gasteiger partial charge in [-0.05, 0) is 51.8 Å². The molecule has 7 heteroatoms. The van der Waals surface area contributed by atoms with E-state index in [0.29, 0.717) is 19.4 Å². The van der Waals surface area contributed by atoms with Gasteiger partial charge in [-0.1, -0.05) is 12.2 Å². The molecule has 1 unspecified atom stereocenters. The largest absolute Gasteiger partial charge is 1.00 e. The summed E-state index contributed by atoms with van der Waals surface area (Å²) in [6, 6.07) is -0.720. The van der Waals surface area contributed by atoms with E-state index in [9.17, 15) is 9.90 Å². The minimum Gasteiger partial charge on any atom is -0.862 e. The summed E-state index contributed by atoms with van der Waals surface area (Å²) >= 11 is 0. The first kappa shape index (κ1) is 23.5. The van der Waals surface area contributed by atoms with Crippen LogP contribution >= 0.6 is 0 Å². The standard InChI is InChI=1S/C15H28N2O4.Li/c1-3-4-5-6-7-9-14(19)16-12-17(10-8-11-18)13(2)15(20)21;/h3-4,13,18H,5-12H2,1-2H3,(H,16,19)(H,20,21);/q;+1/p-1/b4-3+;. The summed E-state index contributed by atoms with van der Waals surface area (Å²) in [7, 11) is 0. The minimum atomic E-state index is -0.957. The predicted octanol–water partition coefficient (Wildman–Crippen LogP) is -2.00. The van der Waals surface area contributed by atoms with Crippen molar-refractivity contribution in [3.63, 3.8) is 0 Å². The third-order valence-corrected chi connectivity index (χ3v) is 3.18. The quantitative estimate of drug-likeness (QED) is 0.143. The number of carboxylic acids is 1. The first-order valence-electron chi connectivity index (χ1n) is 7.42. The molecule has 122 valence electrons. The van der Waals surface area contributed by atoms with E-state index in [1.807, 2.05) is 13.0 Å². The normalized spacial score (nSPS) is 13.4. The zero-order valence-electron chi connectivity index (χ0n) is 14.0. The zero-order valence-corrected chi connectivity index (χ0v) is 14.0. The zero-order chi connectivity index (χ0) is 16.1. The van der Waals surface area contributed by atoms with Crippen molar-refractivity contribution in [3.05, 3.63) is 12.2 Å². The van der Waals surface area contributed by atoms with Gasteiger partial charge in [-0.2, -0.15) is 0 Å². The van der Waals surface area contributed by atoms with Gasteiger partial charge in [0.1, 0.15) is 6.04 Å². The van der Waals surface area contributed by atoms with Crippen LogP contribution in [-0.4, -0.2) is 52.8 Å². The van der Waals surface area contributed by atoms with Gasteiger partial charge in [0.05, 0.1) is 6.67 Å². The summed E-state index contributed by atoms with van der Waals surface area (Å²) in [5.74, 6) is -1.15. The fraction of sp³-hybridized carbons (Fsp3) is 0.733. The van der Waals surface area contributed by atoms with Gasteiger partial charge in [0, 0.05) is 13.2 Å². The van der Waals surface area contributed by atoms with Crippen LogP contribution in [0, 0.1) is 0 Å². The second kappa shape index (κ2) is 15.1. The summed E-state index contributed by atoms with van der Waals surface area (Å²) in [4.78, 5) is 16.5. The topological polar surface area (TPSA) is 96.2 Å². The number of aliphatic hydroxyl groups excluding tert-OH is 1. The molecule has 0 aliphatic heterocycles. The van der Waals surface area contributed by atoms with Crippen LogP contribution < -0.4 is 24.0 Å². The summed E-state index contributed by atoms with van der Waals surface area (Å²) < 4.78 is 0. The molecule has 0 heterocycles. The van der Waals surface area contributed by atoms with E-state index < -0.39 is 12.0 Å². The molecule has 6 nitrogen and oxygen atoms in total. The molecule has 0 bridgehead atoms. The third kappa shape index (κ3) is 11.8. The van der Waals surface area contributed by atoms with E-state index in [4.69, 9.17) is 10.2 Å². The number of rotatable bonds is 12. The first-order valence-corrected chi connectivity index (χ1v) is 7.42. The first-order chi connectivity index (χ1) is 10.0. The van der Waals surface area contributed by atoms with E-state index >= 15 is 0 Å². The Morgan fingerprint density at radius 1 is 1.36 bits per heavy atom. The van der Waals surface area contributed by atoms with Crippen molar-refractivity contribution in [1.29, 1.82) is 0 Å². The van der Waals surface area contributed by atoms with Crippen LogP contribution in [0.15, 0.2) is 17.1 Å². The fourth-order valence-electron chi connectivity index (χ4n) is 1.77. The van der Waals surface area contributed by atoms with Crippen molar-refractivity contribution >= 4 is 11.9 Å². The number of aliphatic hydroxyl groups is 1. The molecule has 0 aliphatic rings. The molecule has 2 N–H and O–H groups in total. The fourth-order valence-corrected chi connectivity index (χ4v) is 1.77. The smallest absolute Gasteiger partial charge is 0.862 e. The summed E-state index contributed by atoms with van der Waals surface area (Å²) in [6.07, 6.45) is 7.61. The third-order valence-electron chi connectivity index (χ3n) is 3.18.